The summed E-state index contributed by atoms with van der Waals surface area (Å²) in [4.78, 5) is 42.5. The number of hydrogen-bond acceptors (Lipinski definition) is 5. The van der Waals surface area contributed by atoms with E-state index in [-0.39, 0.29) is 30.6 Å². The van der Waals surface area contributed by atoms with Gasteiger partial charge in [0.1, 0.15) is 0 Å². The number of para-hydroxylation sites is 2. The van der Waals surface area contributed by atoms with Crippen LogP contribution >= 0.6 is 11.8 Å². The Bertz CT molecular complexity index is 1140. The number of imidazole rings is 1. The molecule has 1 amide bonds. The second kappa shape index (κ2) is 8.79. The molecule has 1 aliphatic heterocycles. The summed E-state index contributed by atoms with van der Waals surface area (Å²) in [6.07, 6.45) is 2.66. The number of H-pyrrole nitrogens is 1. The van der Waals surface area contributed by atoms with E-state index in [1.807, 2.05) is 54.8 Å². The minimum Gasteiger partial charge on any atom is -0.465 e. The largest absolute Gasteiger partial charge is 0.465 e. The number of aryl methyl sites for hydroxylation is 1. The van der Waals surface area contributed by atoms with Gasteiger partial charge in [0.2, 0.25) is 5.91 Å². The first-order valence-electron chi connectivity index (χ1n) is 9.85. The predicted molar refractivity (Wildman–Crippen MR) is 117 cm³/mol. The highest BCUT2D eigenvalue weighted by Gasteiger charge is 2.36. The van der Waals surface area contributed by atoms with Crippen molar-refractivity contribution < 1.29 is 14.3 Å². The average molecular weight is 426 g/mol. The van der Waals surface area contributed by atoms with E-state index in [9.17, 15) is 14.4 Å². The summed E-state index contributed by atoms with van der Waals surface area (Å²) in [5.74, 6) is -0.898. The van der Waals surface area contributed by atoms with Crippen molar-refractivity contribution in [3.05, 3.63) is 59.0 Å². The number of benzene rings is 2. The number of anilines is 1. The fourth-order valence-corrected chi connectivity index (χ4v) is 4.19. The summed E-state index contributed by atoms with van der Waals surface area (Å²) in [5.41, 5.74) is 2.25. The van der Waals surface area contributed by atoms with Crippen LogP contribution in [0.3, 0.4) is 0 Å². The zero-order valence-electron chi connectivity index (χ0n) is 16.7. The van der Waals surface area contributed by atoms with Gasteiger partial charge in [-0.15, -0.1) is 11.8 Å². The highest BCUT2D eigenvalue weighted by Crippen LogP contribution is 2.28. The lowest BCUT2D eigenvalue weighted by atomic mass is 10.1. The van der Waals surface area contributed by atoms with Crippen LogP contribution in [0.5, 0.6) is 0 Å². The number of ether oxygens (including phenoxy) is 1. The SMILES string of the molecule is CSc1cccc(N2C[C@@H](C(=O)OCCCn3c(=O)[nH]c4ccccc43)CC2=O)c1. The minimum absolute atomic E-state index is 0.0689. The molecular weight excluding hydrogens is 402 g/mol. The lowest BCUT2D eigenvalue weighted by molar-refractivity contribution is -0.148. The molecule has 1 aliphatic rings. The number of carbonyl (C=O) groups is 2. The Kier molecular flexibility index (Phi) is 5.94. The van der Waals surface area contributed by atoms with E-state index in [0.717, 1.165) is 21.6 Å². The molecule has 0 aliphatic carbocycles. The van der Waals surface area contributed by atoms with E-state index >= 15 is 0 Å². The maximum atomic E-state index is 12.5. The van der Waals surface area contributed by atoms with Crippen molar-refractivity contribution in [1.29, 1.82) is 0 Å². The Labute approximate surface area is 178 Å². The van der Waals surface area contributed by atoms with Gasteiger partial charge in [0.15, 0.2) is 0 Å². The molecule has 0 spiro atoms. The summed E-state index contributed by atoms with van der Waals surface area (Å²) in [7, 11) is 0. The van der Waals surface area contributed by atoms with Crippen LogP contribution in [0.25, 0.3) is 11.0 Å². The van der Waals surface area contributed by atoms with E-state index in [1.165, 1.54) is 0 Å². The standard InChI is InChI=1S/C22H23N3O4S/c1-30-17-7-4-6-16(13-17)25-14-15(12-20(25)26)21(27)29-11-5-10-24-19-9-3-2-8-18(19)23-22(24)28/h2-4,6-9,13,15H,5,10-12,14H2,1H3,(H,23,28)/t15-/m0/s1. The summed E-state index contributed by atoms with van der Waals surface area (Å²) in [5, 5.41) is 0. The van der Waals surface area contributed by atoms with Gasteiger partial charge >= 0.3 is 11.7 Å². The van der Waals surface area contributed by atoms with Crippen molar-refractivity contribution in [2.24, 2.45) is 5.92 Å². The monoisotopic (exact) mass is 425 g/mol. The number of hydrogen-bond donors (Lipinski definition) is 1. The van der Waals surface area contributed by atoms with E-state index in [1.54, 1.807) is 21.2 Å². The molecule has 0 unspecified atom stereocenters. The van der Waals surface area contributed by atoms with Crippen molar-refractivity contribution in [3.8, 4) is 0 Å². The van der Waals surface area contributed by atoms with Gasteiger partial charge in [0, 0.05) is 30.1 Å². The number of amides is 1. The molecule has 0 radical (unpaired) electrons. The van der Waals surface area contributed by atoms with Crippen LogP contribution in [0.4, 0.5) is 5.69 Å². The molecule has 2 aromatic carbocycles. The van der Waals surface area contributed by atoms with Crippen LogP contribution < -0.4 is 10.6 Å². The smallest absolute Gasteiger partial charge is 0.326 e. The summed E-state index contributed by atoms with van der Waals surface area (Å²) in [6.45, 7) is 0.988. The van der Waals surface area contributed by atoms with Crippen molar-refractivity contribution in [3.63, 3.8) is 0 Å². The molecule has 1 atom stereocenters. The van der Waals surface area contributed by atoms with E-state index in [2.05, 4.69) is 4.98 Å². The molecular formula is C22H23N3O4S. The van der Waals surface area contributed by atoms with E-state index in [0.29, 0.717) is 19.5 Å². The number of rotatable bonds is 7. The van der Waals surface area contributed by atoms with Crippen molar-refractivity contribution in [2.75, 3.05) is 24.3 Å². The molecule has 0 saturated carbocycles. The quantitative estimate of drug-likeness (QED) is 0.357. The van der Waals surface area contributed by atoms with Gasteiger partial charge in [-0.3, -0.25) is 14.2 Å². The Morgan fingerprint density at radius 2 is 2.03 bits per heavy atom. The first kappa shape index (κ1) is 20.3. The number of nitrogens with zero attached hydrogens (tertiary/aromatic N) is 2. The Morgan fingerprint density at radius 3 is 2.87 bits per heavy atom. The molecule has 30 heavy (non-hydrogen) atoms. The molecule has 2 heterocycles. The van der Waals surface area contributed by atoms with Gasteiger partial charge in [-0.05, 0) is 43.0 Å². The van der Waals surface area contributed by atoms with Crippen LogP contribution in [0.1, 0.15) is 12.8 Å². The highest BCUT2D eigenvalue weighted by atomic mass is 32.2. The third kappa shape index (κ3) is 4.14. The number of aromatic nitrogens is 2. The molecule has 156 valence electrons. The molecule has 8 heteroatoms. The van der Waals surface area contributed by atoms with Crippen molar-refractivity contribution in [1.82, 2.24) is 9.55 Å². The topological polar surface area (TPSA) is 84.4 Å². The Morgan fingerprint density at radius 1 is 1.20 bits per heavy atom. The number of esters is 1. The molecule has 1 aromatic heterocycles. The predicted octanol–water partition coefficient (Wildman–Crippen LogP) is 3.04. The minimum atomic E-state index is -0.466. The lowest BCUT2D eigenvalue weighted by Gasteiger charge is -2.17. The first-order chi connectivity index (χ1) is 14.6. The number of thioether (sulfide) groups is 1. The van der Waals surface area contributed by atoms with Crippen LogP contribution in [0, 0.1) is 5.92 Å². The van der Waals surface area contributed by atoms with Crippen LogP contribution in [-0.4, -0.2) is 40.8 Å². The van der Waals surface area contributed by atoms with Gasteiger partial charge < -0.3 is 14.6 Å². The average Bonchev–Trinajstić information content (AvgIpc) is 3.30. The van der Waals surface area contributed by atoms with E-state index < -0.39 is 5.92 Å². The molecule has 1 saturated heterocycles. The van der Waals surface area contributed by atoms with Gasteiger partial charge in [0.25, 0.3) is 0 Å². The third-order valence-electron chi connectivity index (χ3n) is 5.28. The first-order valence-corrected chi connectivity index (χ1v) is 11.1. The van der Waals surface area contributed by atoms with Crippen molar-refractivity contribution in [2.45, 2.75) is 24.3 Å². The summed E-state index contributed by atoms with van der Waals surface area (Å²) < 4.78 is 7.05. The summed E-state index contributed by atoms with van der Waals surface area (Å²) in [6, 6.07) is 15.2. The molecule has 1 fully saturated rings. The number of aromatic amines is 1. The second-order valence-electron chi connectivity index (χ2n) is 7.23. The fourth-order valence-electron chi connectivity index (χ4n) is 3.74. The second-order valence-corrected chi connectivity index (χ2v) is 8.11. The van der Waals surface area contributed by atoms with Crippen LogP contribution in [0.15, 0.2) is 58.2 Å². The Balaban J connectivity index is 1.31. The lowest BCUT2D eigenvalue weighted by Crippen LogP contribution is -2.26. The zero-order chi connectivity index (χ0) is 21.1. The maximum Gasteiger partial charge on any atom is 0.326 e. The third-order valence-corrected chi connectivity index (χ3v) is 6.00. The number of nitrogens with one attached hydrogen (secondary N) is 1. The normalized spacial score (nSPS) is 16.4. The van der Waals surface area contributed by atoms with Crippen LogP contribution in [-0.2, 0) is 20.9 Å². The molecule has 7 nitrogen and oxygen atoms in total. The van der Waals surface area contributed by atoms with Gasteiger partial charge in [-0.25, -0.2) is 4.79 Å². The summed E-state index contributed by atoms with van der Waals surface area (Å²) >= 11 is 1.61. The molecule has 1 N–H and O–H groups in total. The zero-order valence-corrected chi connectivity index (χ0v) is 17.5. The van der Waals surface area contributed by atoms with Crippen molar-refractivity contribution >= 4 is 40.4 Å². The van der Waals surface area contributed by atoms with Gasteiger partial charge in [-0.2, -0.15) is 0 Å². The number of fused-ring (bicyclic) bond motifs is 1. The van der Waals surface area contributed by atoms with Crippen LogP contribution in [0.2, 0.25) is 0 Å². The Hall–Kier alpha value is -3.00. The molecule has 4 rings (SSSR count). The maximum absolute atomic E-state index is 12.5. The number of carbonyl (C=O) groups excluding carboxylic acids is 2. The van der Waals surface area contributed by atoms with Gasteiger partial charge in [0.05, 0.1) is 23.6 Å². The molecule has 3 aromatic rings. The fraction of sp³-hybridized carbons (Fsp3) is 0.318. The van der Waals surface area contributed by atoms with Gasteiger partial charge in [-0.1, -0.05) is 18.2 Å². The molecule has 0 bridgehead atoms. The van der Waals surface area contributed by atoms with E-state index in [4.69, 9.17) is 4.74 Å². The highest BCUT2D eigenvalue weighted by molar-refractivity contribution is 7.98.